The number of hydrogen-bond donors (Lipinski definition) is 1. The first kappa shape index (κ1) is 15.6. The van der Waals surface area contributed by atoms with Gasteiger partial charge in [-0.2, -0.15) is 0 Å². The first-order valence-corrected chi connectivity index (χ1v) is 8.27. The van der Waals surface area contributed by atoms with Crippen molar-refractivity contribution < 1.29 is 9.59 Å². The van der Waals surface area contributed by atoms with Crippen LogP contribution in [0.15, 0.2) is 18.2 Å². The van der Waals surface area contributed by atoms with Gasteiger partial charge in [0.05, 0.1) is 6.42 Å². The van der Waals surface area contributed by atoms with E-state index in [1.807, 2.05) is 24.9 Å². The smallest absolute Gasteiger partial charge is 0.317 e. The number of nitrogens with zero attached hydrogens (tertiary/aromatic N) is 3. The molecule has 0 aliphatic carbocycles. The Bertz CT molecular complexity index is 609. The summed E-state index contributed by atoms with van der Waals surface area (Å²) < 4.78 is 0. The molecule has 0 spiro atoms. The molecule has 1 aromatic rings. The summed E-state index contributed by atoms with van der Waals surface area (Å²) in [5.74, 6) is 0.148. The Kier molecular flexibility index (Phi) is 4.41. The van der Waals surface area contributed by atoms with Crippen molar-refractivity contribution in [2.24, 2.45) is 0 Å². The molecule has 2 aliphatic heterocycles. The maximum atomic E-state index is 12.0. The quantitative estimate of drug-likeness (QED) is 0.918. The van der Waals surface area contributed by atoms with Gasteiger partial charge < -0.3 is 20.0 Å². The third kappa shape index (κ3) is 3.11. The predicted molar refractivity (Wildman–Crippen MR) is 91.0 cm³/mol. The van der Waals surface area contributed by atoms with Crippen LogP contribution >= 0.6 is 0 Å². The van der Waals surface area contributed by atoms with Crippen LogP contribution in [0.3, 0.4) is 0 Å². The van der Waals surface area contributed by atoms with E-state index in [1.165, 1.54) is 0 Å². The maximum absolute atomic E-state index is 12.0. The molecule has 6 nitrogen and oxygen atoms in total. The number of fused-ring (bicyclic) bond motifs is 1. The first-order valence-electron chi connectivity index (χ1n) is 8.27. The largest absolute Gasteiger partial charge is 0.368 e. The third-order valence-electron chi connectivity index (χ3n) is 4.60. The monoisotopic (exact) mass is 316 g/mol. The molecule has 1 saturated heterocycles. The van der Waals surface area contributed by atoms with Gasteiger partial charge in [-0.15, -0.1) is 0 Å². The Balaban J connectivity index is 1.62. The zero-order chi connectivity index (χ0) is 16.4. The van der Waals surface area contributed by atoms with Gasteiger partial charge in [-0.25, -0.2) is 4.79 Å². The molecular formula is C17H24N4O2. The Labute approximate surface area is 137 Å². The molecular weight excluding hydrogens is 292 g/mol. The number of nitrogens with one attached hydrogen (secondary N) is 1. The van der Waals surface area contributed by atoms with E-state index in [0.29, 0.717) is 6.42 Å². The van der Waals surface area contributed by atoms with E-state index in [1.54, 1.807) is 4.90 Å². The molecule has 0 bridgehead atoms. The lowest BCUT2D eigenvalue weighted by Gasteiger charge is -2.36. The molecule has 0 unspecified atom stereocenters. The van der Waals surface area contributed by atoms with Crippen LogP contribution in [0.1, 0.15) is 18.9 Å². The number of carbonyl (C=O) groups is 2. The number of piperazine rings is 1. The molecule has 1 aromatic carbocycles. The van der Waals surface area contributed by atoms with E-state index in [9.17, 15) is 9.59 Å². The molecule has 3 amide bonds. The van der Waals surface area contributed by atoms with Crippen LogP contribution in [0, 0.1) is 0 Å². The van der Waals surface area contributed by atoms with Crippen LogP contribution in [0.2, 0.25) is 0 Å². The number of rotatable bonds is 3. The van der Waals surface area contributed by atoms with E-state index in [0.717, 1.165) is 56.1 Å². The van der Waals surface area contributed by atoms with Gasteiger partial charge in [-0.3, -0.25) is 4.79 Å². The van der Waals surface area contributed by atoms with Crippen LogP contribution in [-0.2, 0) is 11.2 Å². The number of anilines is 2. The minimum atomic E-state index is 0.0349. The van der Waals surface area contributed by atoms with Gasteiger partial charge in [-0.1, -0.05) is 6.92 Å². The fourth-order valence-electron chi connectivity index (χ4n) is 3.16. The van der Waals surface area contributed by atoms with Crippen molar-refractivity contribution in [3.63, 3.8) is 0 Å². The highest BCUT2D eigenvalue weighted by molar-refractivity contribution is 6.01. The molecule has 6 heteroatoms. The summed E-state index contributed by atoms with van der Waals surface area (Å²) in [6.45, 7) is 5.88. The molecule has 0 aromatic heterocycles. The second-order valence-corrected chi connectivity index (χ2v) is 6.15. The lowest BCUT2D eigenvalue weighted by molar-refractivity contribution is -0.117. The molecule has 0 radical (unpaired) electrons. The standard InChI is InChI=1S/C17H24N4O2/c1-3-6-18-17(23)21-9-7-20(8-10-21)14-4-5-15-13(11-14)12-16(22)19(15)2/h4-5,11H,3,6-10,12H2,1-2H3,(H,18,23). The minimum absolute atomic E-state index is 0.0349. The van der Waals surface area contributed by atoms with E-state index in [-0.39, 0.29) is 11.9 Å². The number of amides is 3. The maximum Gasteiger partial charge on any atom is 0.317 e. The lowest BCUT2D eigenvalue weighted by Crippen LogP contribution is -2.52. The summed E-state index contributed by atoms with van der Waals surface area (Å²) in [5, 5.41) is 2.93. The molecule has 2 heterocycles. The number of urea groups is 1. The Morgan fingerprint density at radius 1 is 1.22 bits per heavy atom. The Hall–Kier alpha value is -2.24. The third-order valence-corrected chi connectivity index (χ3v) is 4.60. The molecule has 1 fully saturated rings. The van der Waals surface area contributed by atoms with E-state index < -0.39 is 0 Å². The molecule has 2 aliphatic rings. The highest BCUT2D eigenvalue weighted by Gasteiger charge is 2.26. The highest BCUT2D eigenvalue weighted by Crippen LogP contribution is 2.31. The predicted octanol–water partition coefficient (Wildman–Crippen LogP) is 1.45. The van der Waals surface area contributed by atoms with Crippen LogP contribution in [-0.4, -0.2) is 56.6 Å². The van der Waals surface area contributed by atoms with Gasteiger partial charge in [0, 0.05) is 51.1 Å². The molecule has 0 saturated carbocycles. The summed E-state index contributed by atoms with van der Waals surface area (Å²) in [7, 11) is 1.82. The van der Waals surface area contributed by atoms with Crippen molar-refractivity contribution in [2.75, 3.05) is 49.6 Å². The zero-order valence-electron chi connectivity index (χ0n) is 13.8. The molecule has 1 N–H and O–H groups in total. The van der Waals surface area contributed by atoms with Gasteiger partial charge >= 0.3 is 6.03 Å². The van der Waals surface area contributed by atoms with Gasteiger partial charge in [0.25, 0.3) is 0 Å². The van der Waals surface area contributed by atoms with Crippen LogP contribution in [0.5, 0.6) is 0 Å². The van der Waals surface area contributed by atoms with Crippen molar-refractivity contribution in [1.29, 1.82) is 0 Å². The Morgan fingerprint density at radius 3 is 2.65 bits per heavy atom. The summed E-state index contributed by atoms with van der Waals surface area (Å²) in [4.78, 5) is 29.6. The Morgan fingerprint density at radius 2 is 1.96 bits per heavy atom. The van der Waals surface area contributed by atoms with Gasteiger partial charge in [0.1, 0.15) is 0 Å². The fraction of sp³-hybridized carbons (Fsp3) is 0.529. The van der Waals surface area contributed by atoms with E-state index in [4.69, 9.17) is 0 Å². The van der Waals surface area contributed by atoms with Gasteiger partial charge in [0.15, 0.2) is 0 Å². The highest BCUT2D eigenvalue weighted by atomic mass is 16.2. The lowest BCUT2D eigenvalue weighted by atomic mass is 10.1. The number of carbonyl (C=O) groups excluding carboxylic acids is 2. The van der Waals surface area contributed by atoms with Crippen LogP contribution < -0.4 is 15.1 Å². The normalized spacial score (nSPS) is 17.5. The average molecular weight is 316 g/mol. The van der Waals surface area contributed by atoms with E-state index >= 15 is 0 Å². The second kappa shape index (κ2) is 6.48. The molecule has 23 heavy (non-hydrogen) atoms. The van der Waals surface area contributed by atoms with Crippen molar-refractivity contribution in [1.82, 2.24) is 10.2 Å². The first-order chi connectivity index (χ1) is 11.1. The van der Waals surface area contributed by atoms with Crippen LogP contribution in [0.4, 0.5) is 16.2 Å². The van der Waals surface area contributed by atoms with Gasteiger partial charge in [-0.05, 0) is 30.2 Å². The van der Waals surface area contributed by atoms with Crippen molar-refractivity contribution in [2.45, 2.75) is 19.8 Å². The summed E-state index contributed by atoms with van der Waals surface area (Å²) in [6, 6.07) is 6.24. The van der Waals surface area contributed by atoms with Crippen LogP contribution in [0.25, 0.3) is 0 Å². The fourth-order valence-corrected chi connectivity index (χ4v) is 3.16. The number of hydrogen-bond acceptors (Lipinski definition) is 3. The zero-order valence-corrected chi connectivity index (χ0v) is 13.8. The summed E-state index contributed by atoms with van der Waals surface area (Å²) >= 11 is 0. The summed E-state index contributed by atoms with van der Waals surface area (Å²) in [5.41, 5.74) is 3.25. The molecule has 3 rings (SSSR count). The van der Waals surface area contributed by atoms with Crippen molar-refractivity contribution in [3.05, 3.63) is 23.8 Å². The minimum Gasteiger partial charge on any atom is -0.368 e. The van der Waals surface area contributed by atoms with Crippen molar-refractivity contribution >= 4 is 23.3 Å². The summed E-state index contributed by atoms with van der Waals surface area (Å²) in [6.07, 6.45) is 1.44. The number of likely N-dealkylation sites (N-methyl/N-ethyl adjacent to an activating group) is 1. The average Bonchev–Trinajstić information content (AvgIpc) is 2.86. The molecule has 124 valence electrons. The number of benzene rings is 1. The topological polar surface area (TPSA) is 55.9 Å². The SMILES string of the molecule is CCCNC(=O)N1CCN(c2ccc3c(c2)CC(=O)N3C)CC1. The molecule has 0 atom stereocenters. The van der Waals surface area contributed by atoms with E-state index in [2.05, 4.69) is 22.3 Å². The van der Waals surface area contributed by atoms with Crippen molar-refractivity contribution in [3.8, 4) is 0 Å². The second-order valence-electron chi connectivity index (χ2n) is 6.15. The van der Waals surface area contributed by atoms with Gasteiger partial charge in [0.2, 0.25) is 5.91 Å².